The Balaban J connectivity index is 1.29. The average molecular weight is 345 g/mol. The lowest BCUT2D eigenvalue weighted by Gasteiger charge is -2.55. The van der Waals surface area contributed by atoms with Gasteiger partial charge in [0.2, 0.25) is 5.91 Å². The van der Waals surface area contributed by atoms with E-state index in [-0.39, 0.29) is 24.5 Å². The van der Waals surface area contributed by atoms with Crippen molar-refractivity contribution in [3.63, 3.8) is 0 Å². The lowest BCUT2D eigenvalue weighted by molar-refractivity contribution is -0.151. The average Bonchev–Trinajstić information content (AvgIpc) is 2.57. The Hall–Kier alpha value is -1.91. The van der Waals surface area contributed by atoms with E-state index < -0.39 is 11.8 Å². The number of hydrogen-bond acceptors (Lipinski definition) is 3. The van der Waals surface area contributed by atoms with Gasteiger partial charge in [0.05, 0.1) is 0 Å². The first-order chi connectivity index (χ1) is 12.0. The number of hydrogen-bond donors (Lipinski definition) is 1. The summed E-state index contributed by atoms with van der Waals surface area (Å²) in [7, 11) is 0. The number of esters is 1. The van der Waals surface area contributed by atoms with Gasteiger partial charge < -0.3 is 10.1 Å². The molecule has 4 aliphatic rings. The molecule has 4 nitrogen and oxygen atoms in total. The van der Waals surface area contributed by atoms with Crippen molar-refractivity contribution in [1.82, 2.24) is 5.32 Å². The zero-order valence-corrected chi connectivity index (χ0v) is 14.3. The third-order valence-corrected chi connectivity index (χ3v) is 6.26. The second-order valence-corrected chi connectivity index (χ2v) is 8.13. The van der Waals surface area contributed by atoms with Crippen molar-refractivity contribution in [3.8, 4) is 0 Å². The number of amides is 1. The molecule has 4 bridgehead atoms. The van der Waals surface area contributed by atoms with Crippen molar-refractivity contribution in [3.05, 3.63) is 35.6 Å². The van der Waals surface area contributed by atoms with Crippen LogP contribution in [0.1, 0.15) is 44.1 Å². The zero-order valence-electron chi connectivity index (χ0n) is 14.3. The molecular weight excluding hydrogens is 321 g/mol. The fourth-order valence-corrected chi connectivity index (χ4v) is 5.55. The second-order valence-electron chi connectivity index (χ2n) is 8.13. The van der Waals surface area contributed by atoms with Crippen LogP contribution in [0, 0.1) is 29.0 Å². The van der Waals surface area contributed by atoms with E-state index in [9.17, 15) is 14.0 Å². The Morgan fingerprint density at radius 3 is 2.28 bits per heavy atom. The van der Waals surface area contributed by atoms with Crippen molar-refractivity contribution in [1.29, 1.82) is 0 Å². The van der Waals surface area contributed by atoms with E-state index >= 15 is 0 Å². The van der Waals surface area contributed by atoms with Gasteiger partial charge in [0.25, 0.3) is 0 Å². The molecule has 4 fully saturated rings. The first kappa shape index (κ1) is 16.6. The van der Waals surface area contributed by atoms with Crippen LogP contribution >= 0.6 is 0 Å². The third-order valence-electron chi connectivity index (χ3n) is 6.26. The number of nitrogens with one attached hydrogen (secondary N) is 1. The molecule has 0 saturated heterocycles. The fraction of sp³-hybridized carbons (Fsp3) is 0.600. The summed E-state index contributed by atoms with van der Waals surface area (Å²) in [5.41, 5.74) is 0.0730. The molecule has 0 aromatic heterocycles. The van der Waals surface area contributed by atoms with Crippen LogP contribution in [-0.4, -0.2) is 18.4 Å². The number of carbonyl (C=O) groups excluding carboxylic acids is 2. The number of ether oxygens (including phenoxy) is 1. The van der Waals surface area contributed by atoms with Gasteiger partial charge in [0.1, 0.15) is 19.0 Å². The van der Waals surface area contributed by atoms with Gasteiger partial charge in [0, 0.05) is 11.0 Å². The van der Waals surface area contributed by atoms with E-state index in [4.69, 9.17) is 4.74 Å². The van der Waals surface area contributed by atoms with E-state index in [0.29, 0.717) is 23.3 Å². The minimum atomic E-state index is -0.527. The summed E-state index contributed by atoms with van der Waals surface area (Å²) in [6.45, 7) is -0.256. The Morgan fingerprint density at radius 2 is 1.68 bits per heavy atom. The number of rotatable bonds is 5. The summed E-state index contributed by atoms with van der Waals surface area (Å²) in [5.74, 6) is 1.14. The molecule has 1 aromatic carbocycles. The second kappa shape index (κ2) is 6.43. The highest BCUT2D eigenvalue weighted by Crippen LogP contribution is 2.60. The Labute approximate surface area is 147 Å². The van der Waals surface area contributed by atoms with E-state index in [1.807, 2.05) is 0 Å². The van der Waals surface area contributed by atoms with Gasteiger partial charge in [-0.3, -0.25) is 9.59 Å². The maximum absolute atomic E-state index is 13.5. The summed E-state index contributed by atoms with van der Waals surface area (Å²) in [6, 6.07) is 6.20. The molecule has 5 rings (SSSR count). The molecule has 5 heteroatoms. The maximum atomic E-state index is 13.5. The van der Waals surface area contributed by atoms with E-state index in [1.54, 1.807) is 18.2 Å². The summed E-state index contributed by atoms with van der Waals surface area (Å²) in [5, 5.41) is 2.78. The molecule has 4 saturated carbocycles. The van der Waals surface area contributed by atoms with Crippen molar-refractivity contribution < 1.29 is 18.7 Å². The van der Waals surface area contributed by atoms with Gasteiger partial charge in [-0.05, 0) is 62.3 Å². The number of benzene rings is 1. The molecule has 0 aliphatic heterocycles. The SMILES string of the molecule is O=C(CNC(=O)C12CC3CC(CC(C3)C1)C2)OCc1ccccc1F. The predicted molar refractivity (Wildman–Crippen MR) is 89.8 cm³/mol. The summed E-state index contributed by atoms with van der Waals surface area (Å²) < 4.78 is 18.6. The lowest BCUT2D eigenvalue weighted by Crippen LogP contribution is -2.54. The highest BCUT2D eigenvalue weighted by atomic mass is 19.1. The standard InChI is InChI=1S/C20H24FNO3/c21-17-4-2-1-3-16(17)12-25-18(23)11-22-19(24)20-8-13-5-14(9-20)7-15(6-13)10-20/h1-4,13-15H,5-12H2,(H,22,24). The van der Waals surface area contributed by atoms with Gasteiger partial charge in [-0.15, -0.1) is 0 Å². The molecular formula is C20H24FNO3. The molecule has 0 spiro atoms. The molecule has 0 atom stereocenters. The van der Waals surface area contributed by atoms with Gasteiger partial charge in [0.15, 0.2) is 0 Å². The molecule has 0 heterocycles. The van der Waals surface area contributed by atoms with Gasteiger partial charge in [-0.2, -0.15) is 0 Å². The maximum Gasteiger partial charge on any atom is 0.325 e. The Morgan fingerprint density at radius 1 is 1.08 bits per heavy atom. The molecule has 25 heavy (non-hydrogen) atoms. The van der Waals surface area contributed by atoms with Crippen LogP contribution in [-0.2, 0) is 20.9 Å². The largest absolute Gasteiger partial charge is 0.459 e. The first-order valence-corrected chi connectivity index (χ1v) is 9.21. The van der Waals surface area contributed by atoms with Gasteiger partial charge in [-0.25, -0.2) is 4.39 Å². The Kier molecular flexibility index (Phi) is 4.26. The zero-order chi connectivity index (χ0) is 17.4. The molecule has 0 unspecified atom stereocenters. The molecule has 0 radical (unpaired) electrons. The topological polar surface area (TPSA) is 55.4 Å². The normalized spacial score (nSPS) is 32.4. The van der Waals surface area contributed by atoms with Crippen LogP contribution in [0.2, 0.25) is 0 Å². The first-order valence-electron chi connectivity index (χ1n) is 9.21. The fourth-order valence-electron chi connectivity index (χ4n) is 5.55. The Bertz CT molecular complexity index is 652. The minimum Gasteiger partial charge on any atom is -0.459 e. The van der Waals surface area contributed by atoms with E-state index in [0.717, 1.165) is 19.3 Å². The summed E-state index contributed by atoms with van der Waals surface area (Å²) in [4.78, 5) is 24.7. The van der Waals surface area contributed by atoms with Crippen LogP contribution in [0.5, 0.6) is 0 Å². The molecule has 4 aliphatic carbocycles. The quantitative estimate of drug-likeness (QED) is 0.834. The monoisotopic (exact) mass is 345 g/mol. The van der Waals surface area contributed by atoms with Crippen molar-refractivity contribution in [2.75, 3.05) is 6.54 Å². The lowest BCUT2D eigenvalue weighted by atomic mass is 9.49. The van der Waals surface area contributed by atoms with Crippen LogP contribution in [0.15, 0.2) is 24.3 Å². The smallest absolute Gasteiger partial charge is 0.325 e. The highest BCUT2D eigenvalue weighted by molar-refractivity contribution is 5.86. The predicted octanol–water partition coefficient (Wildman–Crippen LogP) is 3.20. The third kappa shape index (κ3) is 3.29. The van der Waals surface area contributed by atoms with E-state index in [1.165, 1.54) is 25.3 Å². The summed E-state index contributed by atoms with van der Waals surface area (Å²) >= 11 is 0. The number of carbonyl (C=O) groups is 2. The summed E-state index contributed by atoms with van der Waals surface area (Å²) in [6.07, 6.45) is 6.73. The van der Waals surface area contributed by atoms with Crippen molar-refractivity contribution in [2.24, 2.45) is 23.2 Å². The van der Waals surface area contributed by atoms with Crippen molar-refractivity contribution in [2.45, 2.75) is 45.1 Å². The van der Waals surface area contributed by atoms with Gasteiger partial charge in [-0.1, -0.05) is 18.2 Å². The van der Waals surface area contributed by atoms with Crippen LogP contribution in [0.4, 0.5) is 4.39 Å². The highest BCUT2D eigenvalue weighted by Gasteiger charge is 2.54. The van der Waals surface area contributed by atoms with Crippen LogP contribution in [0.3, 0.4) is 0 Å². The van der Waals surface area contributed by atoms with Crippen LogP contribution in [0.25, 0.3) is 0 Å². The number of halogens is 1. The molecule has 1 amide bonds. The van der Waals surface area contributed by atoms with Crippen LogP contribution < -0.4 is 5.32 Å². The van der Waals surface area contributed by atoms with Crippen molar-refractivity contribution >= 4 is 11.9 Å². The van der Waals surface area contributed by atoms with Gasteiger partial charge >= 0.3 is 5.97 Å². The molecule has 1 N–H and O–H groups in total. The minimum absolute atomic E-state index is 0.00874. The van der Waals surface area contributed by atoms with E-state index in [2.05, 4.69) is 5.32 Å². The molecule has 1 aromatic rings. The molecule has 134 valence electrons.